The molecule has 98 valence electrons. The van der Waals surface area contributed by atoms with E-state index in [1.54, 1.807) is 12.1 Å². The Morgan fingerprint density at radius 2 is 2.28 bits per heavy atom. The summed E-state index contributed by atoms with van der Waals surface area (Å²) in [5.41, 5.74) is 5.58. The van der Waals surface area contributed by atoms with Gasteiger partial charge < -0.3 is 10.5 Å². The normalized spacial score (nSPS) is 11.9. The molecule has 1 amide bonds. The molecule has 0 heterocycles. The third kappa shape index (κ3) is 4.04. The van der Waals surface area contributed by atoms with E-state index in [4.69, 9.17) is 22.1 Å². The molecule has 0 spiro atoms. The predicted molar refractivity (Wildman–Crippen MR) is 70.0 cm³/mol. The maximum atomic E-state index is 11.3. The van der Waals surface area contributed by atoms with Gasteiger partial charge in [-0.2, -0.15) is 0 Å². The van der Waals surface area contributed by atoms with E-state index in [-0.39, 0.29) is 0 Å². The molecule has 0 aromatic heterocycles. The smallest absolute Gasteiger partial charge is 0.258 e. The van der Waals surface area contributed by atoms with Gasteiger partial charge in [0.05, 0.1) is 5.56 Å². The second-order valence-electron chi connectivity index (χ2n) is 3.95. The highest BCUT2D eigenvalue weighted by Gasteiger charge is 2.18. The van der Waals surface area contributed by atoms with Gasteiger partial charge in [-0.05, 0) is 31.0 Å². The van der Waals surface area contributed by atoms with Crippen LogP contribution >= 0.6 is 11.6 Å². The molecule has 0 saturated heterocycles. The lowest BCUT2D eigenvalue weighted by atomic mass is 10.1. The number of ether oxygens (including phenoxy) is 1. The third-order valence-electron chi connectivity index (χ3n) is 2.51. The molecule has 0 bridgehead atoms. The molecule has 0 aliphatic rings. The molecule has 0 aliphatic carbocycles. The van der Waals surface area contributed by atoms with Crippen LogP contribution in [0, 0.1) is 0 Å². The quantitative estimate of drug-likeness (QED) is 0.774. The largest absolute Gasteiger partial charge is 0.480 e. The van der Waals surface area contributed by atoms with Crippen molar-refractivity contribution in [2.45, 2.75) is 32.3 Å². The zero-order valence-corrected chi connectivity index (χ0v) is 10.9. The highest BCUT2D eigenvalue weighted by atomic mass is 35.5. The summed E-state index contributed by atoms with van der Waals surface area (Å²) >= 11 is 5.77. The lowest BCUT2D eigenvalue weighted by Crippen LogP contribution is -2.33. The van der Waals surface area contributed by atoms with E-state index in [0.717, 1.165) is 12.8 Å². The van der Waals surface area contributed by atoms with E-state index >= 15 is 0 Å². The standard InChI is InChI=1S/C13H16ClNO3/c1-2-3-4-12(13(15)17)18-11-6-5-10(14)7-9(11)8-16/h5-8,12H,2-4H2,1H3,(H2,15,17). The van der Waals surface area contributed by atoms with Crippen LogP contribution in [0.4, 0.5) is 0 Å². The summed E-state index contributed by atoms with van der Waals surface area (Å²) in [6.07, 6.45) is 2.22. The van der Waals surface area contributed by atoms with Crippen molar-refractivity contribution in [3.8, 4) is 5.75 Å². The monoisotopic (exact) mass is 269 g/mol. The van der Waals surface area contributed by atoms with Crippen LogP contribution in [-0.2, 0) is 4.79 Å². The average molecular weight is 270 g/mol. The van der Waals surface area contributed by atoms with Gasteiger partial charge >= 0.3 is 0 Å². The predicted octanol–water partition coefficient (Wildman–Crippen LogP) is 2.58. The summed E-state index contributed by atoms with van der Waals surface area (Å²) in [6, 6.07) is 4.65. The number of unbranched alkanes of at least 4 members (excludes halogenated alkanes) is 1. The molecule has 1 rings (SSSR count). The molecule has 18 heavy (non-hydrogen) atoms. The molecular formula is C13H16ClNO3. The number of nitrogens with two attached hydrogens (primary N) is 1. The fraction of sp³-hybridized carbons (Fsp3) is 0.385. The van der Waals surface area contributed by atoms with E-state index in [9.17, 15) is 9.59 Å². The van der Waals surface area contributed by atoms with Crippen LogP contribution in [0.1, 0.15) is 36.5 Å². The van der Waals surface area contributed by atoms with Crippen molar-refractivity contribution in [2.75, 3.05) is 0 Å². The molecule has 1 aromatic carbocycles. The number of carbonyl (C=O) groups excluding carboxylic acids is 2. The van der Waals surface area contributed by atoms with Crippen LogP contribution in [0.15, 0.2) is 18.2 Å². The molecule has 5 heteroatoms. The molecular weight excluding hydrogens is 254 g/mol. The third-order valence-corrected chi connectivity index (χ3v) is 2.74. The Hall–Kier alpha value is -1.55. The summed E-state index contributed by atoms with van der Waals surface area (Å²) in [4.78, 5) is 22.1. The summed E-state index contributed by atoms with van der Waals surface area (Å²) in [7, 11) is 0. The van der Waals surface area contributed by atoms with Gasteiger partial charge in [0.15, 0.2) is 12.4 Å². The van der Waals surface area contributed by atoms with Crippen LogP contribution < -0.4 is 10.5 Å². The first-order valence-corrected chi connectivity index (χ1v) is 6.17. The first-order chi connectivity index (χ1) is 8.58. The highest BCUT2D eigenvalue weighted by molar-refractivity contribution is 6.30. The molecule has 0 aliphatic heterocycles. The van der Waals surface area contributed by atoms with Gasteiger partial charge in [-0.1, -0.05) is 24.9 Å². The summed E-state index contributed by atoms with van der Waals surface area (Å²) in [5.74, 6) is -0.204. The Balaban J connectivity index is 2.86. The summed E-state index contributed by atoms with van der Waals surface area (Å²) < 4.78 is 5.49. The van der Waals surface area contributed by atoms with Gasteiger partial charge in [0.2, 0.25) is 0 Å². The van der Waals surface area contributed by atoms with E-state index in [1.807, 2.05) is 6.92 Å². The summed E-state index contributed by atoms with van der Waals surface area (Å²) in [6.45, 7) is 2.01. The van der Waals surface area contributed by atoms with E-state index in [1.165, 1.54) is 6.07 Å². The first kappa shape index (κ1) is 14.5. The van der Waals surface area contributed by atoms with Gasteiger partial charge in [-0.25, -0.2) is 0 Å². The Morgan fingerprint density at radius 3 is 2.83 bits per heavy atom. The van der Waals surface area contributed by atoms with Gasteiger partial charge in [0.25, 0.3) is 5.91 Å². The molecule has 0 fully saturated rings. The zero-order valence-electron chi connectivity index (χ0n) is 10.2. The van der Waals surface area contributed by atoms with Crippen molar-refractivity contribution in [3.63, 3.8) is 0 Å². The van der Waals surface area contributed by atoms with Crippen molar-refractivity contribution in [3.05, 3.63) is 28.8 Å². The lowest BCUT2D eigenvalue weighted by Gasteiger charge is -2.16. The van der Waals surface area contributed by atoms with Crippen molar-refractivity contribution >= 4 is 23.8 Å². The molecule has 1 atom stereocenters. The molecule has 1 aromatic rings. The van der Waals surface area contributed by atoms with Crippen LogP contribution in [0.25, 0.3) is 0 Å². The Kier molecular flexibility index (Phi) is 5.65. The second-order valence-corrected chi connectivity index (χ2v) is 4.39. The van der Waals surface area contributed by atoms with Crippen LogP contribution in [0.5, 0.6) is 5.75 Å². The number of amides is 1. The number of rotatable bonds is 7. The van der Waals surface area contributed by atoms with Crippen LogP contribution in [-0.4, -0.2) is 18.3 Å². The first-order valence-electron chi connectivity index (χ1n) is 5.79. The molecule has 4 nitrogen and oxygen atoms in total. The van der Waals surface area contributed by atoms with Crippen molar-refractivity contribution in [1.29, 1.82) is 0 Å². The fourth-order valence-electron chi connectivity index (χ4n) is 1.52. The van der Waals surface area contributed by atoms with Crippen molar-refractivity contribution in [2.24, 2.45) is 5.73 Å². The van der Waals surface area contributed by atoms with E-state index < -0.39 is 12.0 Å². The van der Waals surface area contributed by atoms with Crippen LogP contribution in [0.2, 0.25) is 5.02 Å². The minimum atomic E-state index is -0.718. The minimum Gasteiger partial charge on any atom is -0.480 e. The highest BCUT2D eigenvalue weighted by Crippen LogP contribution is 2.23. The van der Waals surface area contributed by atoms with E-state index in [2.05, 4.69) is 0 Å². The fourth-order valence-corrected chi connectivity index (χ4v) is 1.70. The molecule has 1 unspecified atom stereocenters. The number of hydrogen-bond donors (Lipinski definition) is 1. The van der Waals surface area contributed by atoms with Gasteiger partial charge in [0, 0.05) is 5.02 Å². The number of hydrogen-bond acceptors (Lipinski definition) is 3. The number of carbonyl (C=O) groups is 2. The van der Waals surface area contributed by atoms with Crippen molar-refractivity contribution in [1.82, 2.24) is 0 Å². The number of halogens is 1. The van der Waals surface area contributed by atoms with Crippen molar-refractivity contribution < 1.29 is 14.3 Å². The topological polar surface area (TPSA) is 69.4 Å². The Labute approximate surface area is 111 Å². The number of aldehydes is 1. The van der Waals surface area contributed by atoms with Gasteiger partial charge in [0.1, 0.15) is 5.75 Å². The number of benzene rings is 1. The van der Waals surface area contributed by atoms with Gasteiger partial charge in [-0.3, -0.25) is 9.59 Å². The number of primary amides is 1. The maximum Gasteiger partial charge on any atom is 0.258 e. The minimum absolute atomic E-state index is 0.310. The molecule has 0 radical (unpaired) electrons. The zero-order chi connectivity index (χ0) is 13.5. The van der Waals surface area contributed by atoms with Crippen LogP contribution in [0.3, 0.4) is 0 Å². The molecule has 0 saturated carbocycles. The maximum absolute atomic E-state index is 11.3. The average Bonchev–Trinajstić information content (AvgIpc) is 2.35. The van der Waals surface area contributed by atoms with E-state index in [0.29, 0.717) is 29.0 Å². The Morgan fingerprint density at radius 1 is 1.56 bits per heavy atom. The van der Waals surface area contributed by atoms with Gasteiger partial charge in [-0.15, -0.1) is 0 Å². The Bertz CT molecular complexity index is 434. The second kappa shape index (κ2) is 7.01. The molecule has 2 N–H and O–H groups in total. The summed E-state index contributed by atoms with van der Waals surface area (Å²) in [5, 5.41) is 0.439. The SMILES string of the molecule is CCCCC(Oc1ccc(Cl)cc1C=O)C(N)=O. The lowest BCUT2D eigenvalue weighted by molar-refractivity contribution is -0.125.